The van der Waals surface area contributed by atoms with Gasteiger partial charge in [0, 0.05) is 0 Å². The lowest BCUT2D eigenvalue weighted by Crippen LogP contribution is -2.32. The number of esters is 1. The maximum Gasteiger partial charge on any atom is 0.343 e. The molecule has 3 aromatic rings. The summed E-state index contributed by atoms with van der Waals surface area (Å²) in [4.78, 5) is 36.1. The van der Waals surface area contributed by atoms with Gasteiger partial charge in [-0.25, -0.2) is 10.2 Å². The van der Waals surface area contributed by atoms with Crippen molar-refractivity contribution in [1.82, 2.24) is 5.43 Å². The molecule has 32 heavy (non-hydrogen) atoms. The summed E-state index contributed by atoms with van der Waals surface area (Å²) in [7, 11) is 0. The topological polar surface area (TPSA) is 96.9 Å². The summed E-state index contributed by atoms with van der Waals surface area (Å²) in [6.07, 6.45) is 1.34. The van der Waals surface area contributed by atoms with Gasteiger partial charge in [-0.3, -0.25) is 9.59 Å². The quantitative estimate of drug-likeness (QED) is 0.187. The Labute approximate surface area is 194 Å². The zero-order valence-corrected chi connectivity index (χ0v) is 18.3. The molecule has 7 nitrogen and oxygen atoms in total. The minimum atomic E-state index is -0.985. The molecule has 0 spiro atoms. The lowest BCUT2D eigenvalue weighted by Gasteiger charge is -2.07. The zero-order chi connectivity index (χ0) is 23.1. The van der Waals surface area contributed by atoms with E-state index in [9.17, 15) is 14.4 Å². The van der Waals surface area contributed by atoms with Gasteiger partial charge < -0.3 is 10.1 Å². The van der Waals surface area contributed by atoms with Gasteiger partial charge in [0.25, 0.3) is 0 Å². The number of carbonyl (C=O) groups excluding carboxylic acids is 3. The fourth-order valence-electron chi connectivity index (χ4n) is 2.58. The molecule has 0 fully saturated rings. The first kappa shape index (κ1) is 23.0. The maximum absolute atomic E-state index is 12.3. The number of anilines is 1. The van der Waals surface area contributed by atoms with Gasteiger partial charge in [0.2, 0.25) is 0 Å². The van der Waals surface area contributed by atoms with E-state index in [0.29, 0.717) is 16.9 Å². The number of amides is 2. The summed E-state index contributed by atoms with van der Waals surface area (Å²) in [6.45, 7) is 1.83. The van der Waals surface area contributed by atoms with E-state index >= 15 is 0 Å². The van der Waals surface area contributed by atoms with E-state index in [2.05, 4.69) is 15.8 Å². The van der Waals surface area contributed by atoms with Gasteiger partial charge >= 0.3 is 17.8 Å². The van der Waals surface area contributed by atoms with Crippen molar-refractivity contribution in [3.63, 3.8) is 0 Å². The molecule has 0 bridgehead atoms. The zero-order valence-electron chi connectivity index (χ0n) is 16.8. The van der Waals surface area contributed by atoms with Crippen LogP contribution in [-0.2, 0) is 9.59 Å². The predicted molar refractivity (Wildman–Crippen MR) is 123 cm³/mol. The molecule has 0 aromatic heterocycles. The number of carbonyl (C=O) groups is 3. The molecule has 0 saturated heterocycles. The van der Waals surface area contributed by atoms with Gasteiger partial charge in [0.1, 0.15) is 5.75 Å². The molecule has 162 valence electrons. The minimum Gasteiger partial charge on any atom is -0.423 e. The Balaban J connectivity index is 1.53. The van der Waals surface area contributed by atoms with Gasteiger partial charge in [0.15, 0.2) is 0 Å². The van der Waals surface area contributed by atoms with Gasteiger partial charge in [-0.2, -0.15) is 5.10 Å². The van der Waals surface area contributed by atoms with Crippen LogP contribution in [0.5, 0.6) is 5.75 Å². The molecule has 0 unspecified atom stereocenters. The van der Waals surface area contributed by atoms with Crippen LogP contribution in [0, 0.1) is 6.92 Å². The van der Waals surface area contributed by atoms with E-state index in [1.54, 1.807) is 48.5 Å². The number of hydrogen-bond acceptors (Lipinski definition) is 5. The van der Waals surface area contributed by atoms with Crippen LogP contribution in [-0.4, -0.2) is 24.0 Å². The lowest BCUT2D eigenvalue weighted by molar-refractivity contribution is -0.136. The normalized spacial score (nSPS) is 10.6. The maximum atomic E-state index is 12.3. The summed E-state index contributed by atoms with van der Waals surface area (Å²) in [5, 5.41) is 6.47. The van der Waals surface area contributed by atoms with E-state index in [1.165, 1.54) is 12.3 Å². The summed E-state index contributed by atoms with van der Waals surface area (Å²) in [5.74, 6) is -2.04. The molecule has 2 amide bonds. The van der Waals surface area contributed by atoms with Crippen LogP contribution in [0.4, 0.5) is 5.69 Å². The van der Waals surface area contributed by atoms with Crippen molar-refractivity contribution < 1.29 is 19.1 Å². The van der Waals surface area contributed by atoms with Crippen LogP contribution in [0.2, 0.25) is 10.0 Å². The van der Waals surface area contributed by atoms with E-state index in [0.717, 1.165) is 5.56 Å². The van der Waals surface area contributed by atoms with Gasteiger partial charge in [0.05, 0.1) is 27.5 Å². The molecule has 0 radical (unpaired) electrons. The van der Waals surface area contributed by atoms with Crippen LogP contribution in [0.3, 0.4) is 0 Å². The molecule has 0 atom stereocenters. The Bertz CT molecular complexity index is 1190. The number of halogens is 2. The van der Waals surface area contributed by atoms with Crippen molar-refractivity contribution >= 4 is 52.9 Å². The molecule has 2 N–H and O–H groups in total. The van der Waals surface area contributed by atoms with Crippen LogP contribution in [0.25, 0.3) is 0 Å². The van der Waals surface area contributed by atoms with Gasteiger partial charge in [-0.15, -0.1) is 0 Å². The van der Waals surface area contributed by atoms with Crippen LogP contribution >= 0.6 is 23.2 Å². The Morgan fingerprint density at radius 2 is 1.62 bits per heavy atom. The second-order valence-corrected chi connectivity index (χ2v) is 7.31. The molecule has 0 aliphatic heterocycles. The number of nitrogens with one attached hydrogen (secondary N) is 2. The first-order valence-corrected chi connectivity index (χ1v) is 10.1. The number of aryl methyl sites for hydroxylation is 1. The number of hydrogen-bond donors (Lipinski definition) is 2. The number of ether oxygens (including phenoxy) is 1. The van der Waals surface area contributed by atoms with Crippen molar-refractivity contribution in [2.75, 3.05) is 5.32 Å². The van der Waals surface area contributed by atoms with E-state index in [4.69, 9.17) is 27.9 Å². The summed E-state index contributed by atoms with van der Waals surface area (Å²) in [5.41, 5.74) is 4.24. The Hall–Kier alpha value is -3.68. The van der Waals surface area contributed by atoms with E-state index in [-0.39, 0.29) is 15.7 Å². The van der Waals surface area contributed by atoms with Crippen molar-refractivity contribution in [2.45, 2.75) is 6.92 Å². The van der Waals surface area contributed by atoms with Crippen LogP contribution in [0.15, 0.2) is 71.8 Å². The monoisotopic (exact) mass is 469 g/mol. The number of nitrogens with zero attached hydrogens (tertiary/aromatic N) is 1. The molecule has 0 aliphatic rings. The molecule has 3 aromatic carbocycles. The van der Waals surface area contributed by atoms with Crippen LogP contribution < -0.4 is 15.5 Å². The Morgan fingerprint density at radius 1 is 0.906 bits per heavy atom. The predicted octanol–water partition coefficient (Wildman–Crippen LogP) is 4.61. The summed E-state index contributed by atoms with van der Waals surface area (Å²) < 4.78 is 5.36. The molecular weight excluding hydrogens is 453 g/mol. The first-order valence-electron chi connectivity index (χ1n) is 9.31. The third-order valence-corrected chi connectivity index (χ3v) is 5.06. The molecule has 3 rings (SSSR count). The molecular formula is C23H17Cl2N3O4. The summed E-state index contributed by atoms with van der Waals surface area (Å²) in [6, 6.07) is 18.2. The highest BCUT2D eigenvalue weighted by Crippen LogP contribution is 2.29. The highest BCUT2D eigenvalue weighted by molar-refractivity contribution is 6.45. The average Bonchev–Trinajstić information content (AvgIpc) is 2.78. The SMILES string of the molecule is Cc1ccccc1C(=O)Oc1ccc(/C=N\NC(=O)C(=O)Nc2cccc(Cl)c2Cl)cc1. The van der Waals surface area contributed by atoms with Gasteiger partial charge in [-0.05, 0) is 60.5 Å². The first-order chi connectivity index (χ1) is 15.3. The number of rotatable bonds is 5. The standard InChI is InChI=1S/C23H17Cl2N3O4/c1-14-5-2-3-6-17(14)23(31)32-16-11-9-15(10-12-16)13-26-28-22(30)21(29)27-19-8-4-7-18(24)20(19)25/h2-13H,1H3,(H,27,29)(H,28,30)/b26-13-. The molecule has 0 aliphatic carbocycles. The fraction of sp³-hybridized carbons (Fsp3) is 0.0435. The van der Waals surface area contributed by atoms with E-state index in [1.807, 2.05) is 19.1 Å². The van der Waals surface area contributed by atoms with E-state index < -0.39 is 17.8 Å². The van der Waals surface area contributed by atoms with Crippen molar-refractivity contribution in [2.24, 2.45) is 5.10 Å². The third-order valence-electron chi connectivity index (χ3n) is 4.24. The molecule has 9 heteroatoms. The Kier molecular flexibility index (Phi) is 7.59. The largest absolute Gasteiger partial charge is 0.423 e. The molecule has 0 saturated carbocycles. The fourth-order valence-corrected chi connectivity index (χ4v) is 2.93. The van der Waals surface area contributed by atoms with Crippen molar-refractivity contribution in [1.29, 1.82) is 0 Å². The third kappa shape index (κ3) is 5.94. The van der Waals surface area contributed by atoms with Crippen LogP contribution in [0.1, 0.15) is 21.5 Å². The second kappa shape index (κ2) is 10.6. The number of benzene rings is 3. The lowest BCUT2D eigenvalue weighted by atomic mass is 10.1. The Morgan fingerprint density at radius 3 is 2.34 bits per heavy atom. The number of hydrazone groups is 1. The van der Waals surface area contributed by atoms with Crippen molar-refractivity contribution in [3.8, 4) is 5.75 Å². The average molecular weight is 470 g/mol. The summed E-state index contributed by atoms with van der Waals surface area (Å²) >= 11 is 11.8. The van der Waals surface area contributed by atoms with Gasteiger partial charge in [-0.1, -0.05) is 47.5 Å². The second-order valence-electron chi connectivity index (χ2n) is 6.53. The highest BCUT2D eigenvalue weighted by Gasteiger charge is 2.15. The smallest absolute Gasteiger partial charge is 0.343 e. The molecule has 0 heterocycles. The highest BCUT2D eigenvalue weighted by atomic mass is 35.5. The van der Waals surface area contributed by atoms with Crippen molar-refractivity contribution in [3.05, 3.63) is 93.5 Å². The minimum absolute atomic E-state index is 0.127.